The average molecular weight is 552 g/mol. The highest BCUT2D eigenvalue weighted by molar-refractivity contribution is 7.98. The number of nitrogens with zero attached hydrogens (tertiary/aromatic N) is 1. The van der Waals surface area contributed by atoms with Crippen LogP contribution in [-0.2, 0) is 30.4 Å². The SMILES string of the molecule is CSCCC(NC(=O)C1CCCN1C(=O)C(Cc1ccccc1)NC(=O)C(N)CO)C(=O)NC(C)C(=O)O. The van der Waals surface area contributed by atoms with Gasteiger partial charge in [-0.25, -0.2) is 0 Å². The van der Waals surface area contributed by atoms with Crippen LogP contribution in [0.15, 0.2) is 30.3 Å². The molecular formula is C25H37N5O7S. The number of aliphatic carboxylic acids is 1. The number of carboxylic acids is 1. The van der Waals surface area contributed by atoms with Gasteiger partial charge in [0.25, 0.3) is 0 Å². The first-order valence-electron chi connectivity index (χ1n) is 12.4. The van der Waals surface area contributed by atoms with Gasteiger partial charge in [-0.05, 0) is 43.8 Å². The summed E-state index contributed by atoms with van der Waals surface area (Å²) in [7, 11) is 0. The second-order valence-electron chi connectivity index (χ2n) is 9.14. The number of thioether (sulfide) groups is 1. The number of nitrogens with one attached hydrogen (secondary N) is 3. The van der Waals surface area contributed by atoms with E-state index < -0.39 is 66.4 Å². The molecule has 0 bridgehead atoms. The number of hydrogen-bond donors (Lipinski definition) is 6. The molecule has 0 spiro atoms. The van der Waals surface area contributed by atoms with Gasteiger partial charge in [0.2, 0.25) is 23.6 Å². The summed E-state index contributed by atoms with van der Waals surface area (Å²) in [6, 6.07) is 3.83. The number of carbonyl (C=O) groups excluding carboxylic acids is 4. The van der Waals surface area contributed by atoms with E-state index in [0.717, 1.165) is 5.56 Å². The molecule has 1 saturated heterocycles. The highest BCUT2D eigenvalue weighted by Crippen LogP contribution is 2.20. The van der Waals surface area contributed by atoms with Crippen LogP contribution in [0.3, 0.4) is 0 Å². The second kappa shape index (κ2) is 15.3. The predicted molar refractivity (Wildman–Crippen MR) is 142 cm³/mol. The van der Waals surface area contributed by atoms with Gasteiger partial charge in [0, 0.05) is 13.0 Å². The van der Waals surface area contributed by atoms with Crippen molar-refractivity contribution in [2.45, 2.75) is 62.8 Å². The molecule has 0 aliphatic carbocycles. The lowest BCUT2D eigenvalue weighted by Gasteiger charge is -2.30. The first kappa shape index (κ1) is 31.1. The first-order valence-corrected chi connectivity index (χ1v) is 13.8. The van der Waals surface area contributed by atoms with Crippen LogP contribution in [-0.4, -0.2) is 100 Å². The summed E-state index contributed by atoms with van der Waals surface area (Å²) in [5.41, 5.74) is 6.42. The van der Waals surface area contributed by atoms with Crippen LogP contribution < -0.4 is 21.7 Å². The van der Waals surface area contributed by atoms with Gasteiger partial charge in [0.1, 0.15) is 30.2 Å². The molecule has 1 heterocycles. The zero-order valence-electron chi connectivity index (χ0n) is 21.6. The van der Waals surface area contributed by atoms with Crippen LogP contribution in [0, 0.1) is 0 Å². The molecule has 5 unspecified atom stereocenters. The molecule has 4 amide bonds. The maximum absolute atomic E-state index is 13.6. The maximum Gasteiger partial charge on any atom is 0.325 e. The Kier molecular flexibility index (Phi) is 12.5. The van der Waals surface area contributed by atoms with Crippen molar-refractivity contribution in [1.82, 2.24) is 20.9 Å². The van der Waals surface area contributed by atoms with Crippen molar-refractivity contribution in [1.29, 1.82) is 0 Å². The molecule has 38 heavy (non-hydrogen) atoms. The predicted octanol–water partition coefficient (Wildman–Crippen LogP) is -1.15. The highest BCUT2D eigenvalue weighted by Gasteiger charge is 2.39. The Hall–Kier alpha value is -3.16. The van der Waals surface area contributed by atoms with Crippen molar-refractivity contribution < 1.29 is 34.2 Å². The standard InChI is InChI=1S/C25H37N5O7S/c1-15(25(36)37)27-22(33)18(10-12-38-2)28-23(34)20-9-6-11-30(20)24(35)19(29-21(32)17(26)14-31)13-16-7-4-3-5-8-16/h3-5,7-8,15,17-20,31H,6,9-14,26H2,1-2H3,(H,27,33)(H,28,34)(H,29,32)(H,36,37). The molecule has 13 heteroatoms. The number of aliphatic hydroxyl groups excluding tert-OH is 1. The van der Waals surface area contributed by atoms with Crippen molar-refractivity contribution in [3.8, 4) is 0 Å². The Labute approximate surface area is 226 Å². The summed E-state index contributed by atoms with van der Waals surface area (Å²) in [6.45, 7) is 1.02. The van der Waals surface area contributed by atoms with Crippen LogP contribution in [0.4, 0.5) is 0 Å². The van der Waals surface area contributed by atoms with E-state index in [1.54, 1.807) is 24.3 Å². The Morgan fingerprint density at radius 3 is 2.37 bits per heavy atom. The van der Waals surface area contributed by atoms with Gasteiger partial charge in [0.05, 0.1) is 6.61 Å². The van der Waals surface area contributed by atoms with E-state index in [9.17, 15) is 29.1 Å². The highest BCUT2D eigenvalue weighted by atomic mass is 32.2. The van der Waals surface area contributed by atoms with Gasteiger partial charge < -0.3 is 36.8 Å². The summed E-state index contributed by atoms with van der Waals surface area (Å²) >= 11 is 1.47. The summed E-state index contributed by atoms with van der Waals surface area (Å²) in [4.78, 5) is 64.5. The molecule has 2 rings (SSSR count). The Morgan fingerprint density at radius 2 is 1.76 bits per heavy atom. The number of rotatable bonds is 14. The second-order valence-corrected chi connectivity index (χ2v) is 10.1. The molecule has 0 aromatic heterocycles. The number of nitrogens with two attached hydrogens (primary N) is 1. The molecule has 1 aliphatic heterocycles. The van der Waals surface area contributed by atoms with Crippen molar-refractivity contribution >= 4 is 41.4 Å². The van der Waals surface area contributed by atoms with Gasteiger partial charge in [-0.15, -0.1) is 0 Å². The van der Waals surface area contributed by atoms with Crippen molar-refractivity contribution in [2.75, 3.05) is 25.2 Å². The molecule has 12 nitrogen and oxygen atoms in total. The lowest BCUT2D eigenvalue weighted by Crippen LogP contribution is -2.58. The molecule has 210 valence electrons. The Balaban J connectivity index is 2.20. The zero-order valence-corrected chi connectivity index (χ0v) is 22.4. The first-order chi connectivity index (χ1) is 18.1. The van der Waals surface area contributed by atoms with Gasteiger partial charge in [-0.2, -0.15) is 11.8 Å². The van der Waals surface area contributed by atoms with E-state index in [-0.39, 0.29) is 19.4 Å². The topological polar surface area (TPSA) is 191 Å². The fourth-order valence-corrected chi connectivity index (χ4v) is 4.53. The number of hydrogen-bond acceptors (Lipinski definition) is 8. The molecular weight excluding hydrogens is 514 g/mol. The van der Waals surface area contributed by atoms with Crippen LogP contribution in [0.5, 0.6) is 0 Å². The summed E-state index contributed by atoms with van der Waals surface area (Å²) < 4.78 is 0. The summed E-state index contributed by atoms with van der Waals surface area (Å²) in [6.07, 6.45) is 3.18. The maximum atomic E-state index is 13.6. The monoisotopic (exact) mass is 551 g/mol. The average Bonchev–Trinajstić information content (AvgIpc) is 3.40. The van der Waals surface area contributed by atoms with Gasteiger partial charge in [-0.1, -0.05) is 30.3 Å². The van der Waals surface area contributed by atoms with Crippen LogP contribution in [0.2, 0.25) is 0 Å². The van der Waals surface area contributed by atoms with Crippen LogP contribution in [0.25, 0.3) is 0 Å². The molecule has 5 atom stereocenters. The fourth-order valence-electron chi connectivity index (χ4n) is 4.06. The number of aliphatic hydroxyl groups is 1. The normalized spacial score (nSPS) is 18.1. The van der Waals surface area contributed by atoms with Gasteiger partial charge >= 0.3 is 5.97 Å². The van der Waals surface area contributed by atoms with Crippen LogP contribution in [0.1, 0.15) is 31.7 Å². The number of amides is 4. The van der Waals surface area contributed by atoms with E-state index in [2.05, 4.69) is 16.0 Å². The van der Waals surface area contributed by atoms with E-state index >= 15 is 0 Å². The molecule has 7 N–H and O–H groups in total. The van der Waals surface area contributed by atoms with Crippen molar-refractivity contribution in [3.05, 3.63) is 35.9 Å². The zero-order chi connectivity index (χ0) is 28.2. The van der Waals surface area contributed by atoms with E-state index in [1.807, 2.05) is 12.3 Å². The quantitative estimate of drug-likeness (QED) is 0.166. The lowest BCUT2D eigenvalue weighted by molar-refractivity contribution is -0.143. The number of likely N-dealkylation sites (tertiary alicyclic amines) is 1. The molecule has 1 aromatic rings. The minimum absolute atomic E-state index is 0.153. The van der Waals surface area contributed by atoms with Crippen LogP contribution >= 0.6 is 11.8 Å². The molecule has 1 aromatic carbocycles. The molecule has 1 aliphatic rings. The van der Waals surface area contributed by atoms with E-state index in [1.165, 1.54) is 23.6 Å². The summed E-state index contributed by atoms with van der Waals surface area (Å²) in [5.74, 6) is -2.97. The summed E-state index contributed by atoms with van der Waals surface area (Å²) in [5, 5.41) is 26.0. The van der Waals surface area contributed by atoms with Crippen molar-refractivity contribution in [3.63, 3.8) is 0 Å². The molecule has 0 saturated carbocycles. The van der Waals surface area contributed by atoms with Gasteiger partial charge in [0.15, 0.2) is 0 Å². The minimum Gasteiger partial charge on any atom is -0.480 e. The third-order valence-corrected chi connectivity index (χ3v) is 6.89. The lowest BCUT2D eigenvalue weighted by atomic mass is 10.0. The largest absolute Gasteiger partial charge is 0.480 e. The Morgan fingerprint density at radius 1 is 1.08 bits per heavy atom. The third-order valence-electron chi connectivity index (χ3n) is 6.24. The Bertz CT molecular complexity index is 980. The van der Waals surface area contributed by atoms with E-state index in [4.69, 9.17) is 10.8 Å². The minimum atomic E-state index is -1.21. The smallest absolute Gasteiger partial charge is 0.325 e. The van der Waals surface area contributed by atoms with Crippen molar-refractivity contribution in [2.24, 2.45) is 5.73 Å². The van der Waals surface area contributed by atoms with Gasteiger partial charge in [-0.3, -0.25) is 24.0 Å². The number of carbonyl (C=O) groups is 5. The number of benzene rings is 1. The van der Waals surface area contributed by atoms with E-state index in [0.29, 0.717) is 18.6 Å². The third kappa shape index (κ3) is 8.99. The number of carboxylic acid groups (broad SMARTS) is 1. The molecule has 1 fully saturated rings. The molecule has 0 radical (unpaired) electrons. The fraction of sp³-hybridized carbons (Fsp3) is 0.560.